The average Bonchev–Trinajstić information content (AvgIpc) is 2.67. The molecule has 4 rings (SSSR count). The molecule has 26 heavy (non-hydrogen) atoms. The van der Waals surface area contributed by atoms with Gasteiger partial charge in [-0.3, -0.25) is 4.98 Å². The van der Waals surface area contributed by atoms with E-state index in [0.717, 1.165) is 32.9 Å². The van der Waals surface area contributed by atoms with Gasteiger partial charge in [0.05, 0.1) is 22.9 Å². The molecule has 0 saturated carbocycles. The van der Waals surface area contributed by atoms with Crippen LogP contribution in [0.15, 0.2) is 77.8 Å². The molecule has 0 saturated heterocycles. The number of anilines is 1. The number of nitrogens with zero attached hydrogens (tertiary/aromatic N) is 2. The first-order valence-electron chi connectivity index (χ1n) is 7.88. The van der Waals surface area contributed by atoms with Crippen LogP contribution in [-0.4, -0.2) is 9.97 Å². The van der Waals surface area contributed by atoms with Crippen molar-refractivity contribution in [3.8, 4) is 11.3 Å². The summed E-state index contributed by atoms with van der Waals surface area (Å²) in [7, 11) is 0. The molecule has 128 valence electrons. The third kappa shape index (κ3) is 3.79. The molecule has 6 heteroatoms. The minimum atomic E-state index is -0.238. The van der Waals surface area contributed by atoms with E-state index in [1.807, 2.05) is 36.4 Å². The van der Waals surface area contributed by atoms with Crippen molar-refractivity contribution in [3.63, 3.8) is 0 Å². The fraction of sp³-hybridized carbons (Fsp3) is 0. The van der Waals surface area contributed by atoms with E-state index < -0.39 is 0 Å². The second kappa shape index (κ2) is 7.32. The standard InChI is InChI=1S/C20H13ClFN3S/c21-14-3-10-18-19(11-14)23-12-20(24-18)13-1-6-16(7-2-13)25-26-17-8-4-15(22)5-9-17/h1-12,25H. The third-order valence-corrected chi connectivity index (χ3v) is 4.87. The van der Waals surface area contributed by atoms with Crippen LogP contribution in [0.5, 0.6) is 0 Å². The van der Waals surface area contributed by atoms with Gasteiger partial charge in [-0.1, -0.05) is 23.7 Å². The Morgan fingerprint density at radius 1 is 0.885 bits per heavy atom. The van der Waals surface area contributed by atoms with Gasteiger partial charge in [0.25, 0.3) is 0 Å². The lowest BCUT2D eigenvalue weighted by molar-refractivity contribution is 0.626. The maximum absolute atomic E-state index is 12.9. The summed E-state index contributed by atoms with van der Waals surface area (Å²) in [6, 6.07) is 19.7. The highest BCUT2D eigenvalue weighted by Crippen LogP contribution is 2.25. The van der Waals surface area contributed by atoms with Crippen LogP contribution >= 0.6 is 23.5 Å². The molecular formula is C20H13ClFN3S. The van der Waals surface area contributed by atoms with E-state index in [-0.39, 0.29) is 5.82 Å². The highest BCUT2D eigenvalue weighted by molar-refractivity contribution is 8.00. The topological polar surface area (TPSA) is 37.8 Å². The summed E-state index contributed by atoms with van der Waals surface area (Å²) in [5.41, 5.74) is 4.31. The second-order valence-corrected chi connectivity index (χ2v) is 6.94. The molecule has 3 nitrogen and oxygen atoms in total. The Hall–Kier alpha value is -2.63. The van der Waals surface area contributed by atoms with Gasteiger partial charge >= 0.3 is 0 Å². The van der Waals surface area contributed by atoms with Crippen molar-refractivity contribution in [3.05, 3.63) is 83.8 Å². The Morgan fingerprint density at radius 3 is 2.42 bits per heavy atom. The van der Waals surface area contributed by atoms with Crippen molar-refractivity contribution in [1.29, 1.82) is 0 Å². The quantitative estimate of drug-likeness (QED) is 0.426. The second-order valence-electron chi connectivity index (χ2n) is 5.62. The van der Waals surface area contributed by atoms with Crippen molar-refractivity contribution in [2.75, 3.05) is 4.72 Å². The van der Waals surface area contributed by atoms with Crippen LogP contribution < -0.4 is 4.72 Å². The van der Waals surface area contributed by atoms with E-state index in [1.54, 1.807) is 24.4 Å². The summed E-state index contributed by atoms with van der Waals surface area (Å²) in [6.45, 7) is 0. The minimum Gasteiger partial charge on any atom is -0.326 e. The molecule has 4 aromatic rings. The first-order valence-corrected chi connectivity index (χ1v) is 9.08. The number of hydrogen-bond acceptors (Lipinski definition) is 4. The average molecular weight is 382 g/mol. The Labute approximate surface area is 159 Å². The molecule has 0 bridgehead atoms. The molecule has 0 fully saturated rings. The Balaban J connectivity index is 1.50. The molecule has 0 aliphatic rings. The molecule has 0 spiro atoms. The van der Waals surface area contributed by atoms with Crippen molar-refractivity contribution in [2.45, 2.75) is 4.90 Å². The Morgan fingerprint density at radius 2 is 1.65 bits per heavy atom. The Bertz CT molecular complexity index is 1050. The number of halogens is 2. The monoisotopic (exact) mass is 381 g/mol. The summed E-state index contributed by atoms with van der Waals surface area (Å²) in [4.78, 5) is 10.0. The summed E-state index contributed by atoms with van der Waals surface area (Å²) in [6.07, 6.45) is 1.74. The number of hydrogen-bond donors (Lipinski definition) is 1. The van der Waals surface area contributed by atoms with Crippen LogP contribution in [-0.2, 0) is 0 Å². The van der Waals surface area contributed by atoms with Gasteiger partial charge in [0, 0.05) is 21.2 Å². The van der Waals surface area contributed by atoms with Gasteiger partial charge in [0.2, 0.25) is 0 Å². The number of aromatic nitrogens is 2. The van der Waals surface area contributed by atoms with Crippen LogP contribution in [0.3, 0.4) is 0 Å². The molecule has 3 aromatic carbocycles. The molecule has 1 heterocycles. The first kappa shape index (κ1) is 16.8. The normalized spacial score (nSPS) is 10.8. The molecule has 0 unspecified atom stereocenters. The molecule has 1 N–H and O–H groups in total. The van der Waals surface area contributed by atoms with E-state index in [4.69, 9.17) is 11.6 Å². The summed E-state index contributed by atoms with van der Waals surface area (Å²) < 4.78 is 16.2. The van der Waals surface area contributed by atoms with Crippen LogP contribution in [0.25, 0.3) is 22.3 Å². The minimum absolute atomic E-state index is 0.238. The largest absolute Gasteiger partial charge is 0.326 e. The predicted octanol–water partition coefficient (Wildman–Crippen LogP) is 6.21. The fourth-order valence-electron chi connectivity index (χ4n) is 2.45. The number of nitrogens with one attached hydrogen (secondary N) is 1. The van der Waals surface area contributed by atoms with Gasteiger partial charge in [-0.25, -0.2) is 9.37 Å². The van der Waals surface area contributed by atoms with Crippen molar-refractivity contribution < 1.29 is 4.39 Å². The molecule has 0 radical (unpaired) electrons. The van der Waals surface area contributed by atoms with Gasteiger partial charge in [0.15, 0.2) is 0 Å². The molecule has 0 aliphatic carbocycles. The number of benzene rings is 3. The lowest BCUT2D eigenvalue weighted by atomic mass is 10.1. The zero-order valence-electron chi connectivity index (χ0n) is 13.5. The van der Waals surface area contributed by atoms with Crippen molar-refractivity contribution in [2.24, 2.45) is 0 Å². The maximum atomic E-state index is 12.9. The lowest BCUT2D eigenvalue weighted by Crippen LogP contribution is -1.90. The zero-order valence-corrected chi connectivity index (χ0v) is 15.1. The van der Waals surface area contributed by atoms with Gasteiger partial charge < -0.3 is 4.72 Å². The SMILES string of the molecule is Fc1ccc(SNc2ccc(-c3cnc4cc(Cl)ccc4n3)cc2)cc1. The molecule has 0 atom stereocenters. The molecule has 1 aromatic heterocycles. The summed E-state index contributed by atoms with van der Waals surface area (Å²) in [5.74, 6) is -0.238. The van der Waals surface area contributed by atoms with E-state index in [1.165, 1.54) is 24.1 Å². The van der Waals surface area contributed by atoms with Crippen LogP contribution in [0, 0.1) is 5.82 Å². The molecule has 0 amide bonds. The van der Waals surface area contributed by atoms with Crippen molar-refractivity contribution in [1.82, 2.24) is 9.97 Å². The van der Waals surface area contributed by atoms with E-state index in [0.29, 0.717) is 5.02 Å². The third-order valence-electron chi connectivity index (χ3n) is 3.79. The van der Waals surface area contributed by atoms with Gasteiger partial charge in [-0.05, 0) is 66.5 Å². The van der Waals surface area contributed by atoms with Crippen LogP contribution in [0.4, 0.5) is 10.1 Å². The summed E-state index contributed by atoms with van der Waals surface area (Å²) >= 11 is 7.41. The highest BCUT2D eigenvalue weighted by Gasteiger charge is 2.04. The van der Waals surface area contributed by atoms with Crippen LogP contribution in [0.1, 0.15) is 0 Å². The zero-order chi connectivity index (χ0) is 17.9. The highest BCUT2D eigenvalue weighted by atomic mass is 35.5. The van der Waals surface area contributed by atoms with Gasteiger partial charge in [0.1, 0.15) is 5.82 Å². The fourth-order valence-corrected chi connectivity index (χ4v) is 3.26. The van der Waals surface area contributed by atoms with E-state index in [9.17, 15) is 4.39 Å². The van der Waals surface area contributed by atoms with Crippen molar-refractivity contribution >= 4 is 40.3 Å². The molecular weight excluding hydrogens is 369 g/mol. The predicted molar refractivity (Wildman–Crippen MR) is 106 cm³/mol. The number of fused-ring (bicyclic) bond motifs is 1. The summed E-state index contributed by atoms with van der Waals surface area (Å²) in [5, 5.41) is 0.647. The van der Waals surface area contributed by atoms with Gasteiger partial charge in [-0.2, -0.15) is 0 Å². The number of rotatable bonds is 4. The van der Waals surface area contributed by atoms with E-state index >= 15 is 0 Å². The lowest BCUT2D eigenvalue weighted by Gasteiger charge is -2.07. The van der Waals surface area contributed by atoms with Gasteiger partial charge in [-0.15, -0.1) is 0 Å². The molecule has 0 aliphatic heterocycles. The van der Waals surface area contributed by atoms with Crippen LogP contribution in [0.2, 0.25) is 5.02 Å². The maximum Gasteiger partial charge on any atom is 0.123 e. The smallest absolute Gasteiger partial charge is 0.123 e. The van der Waals surface area contributed by atoms with E-state index in [2.05, 4.69) is 14.7 Å². The first-order chi connectivity index (χ1) is 12.7. The Kier molecular flexibility index (Phi) is 4.73.